The van der Waals surface area contributed by atoms with Gasteiger partial charge in [-0.2, -0.15) is 0 Å². The van der Waals surface area contributed by atoms with Gasteiger partial charge in [0.15, 0.2) is 0 Å². The van der Waals surface area contributed by atoms with Gasteiger partial charge in [0.1, 0.15) is 0 Å². The van der Waals surface area contributed by atoms with Gasteiger partial charge in [-0.1, -0.05) is 19.1 Å². The second kappa shape index (κ2) is 2.64. The minimum atomic E-state index is -0.311. The summed E-state index contributed by atoms with van der Waals surface area (Å²) in [4.78, 5) is 9.96. The van der Waals surface area contributed by atoms with Gasteiger partial charge >= 0.3 is 0 Å². The Kier molecular flexibility index (Phi) is 1.85. The smallest absolute Gasteiger partial charge is 0.249 e. The number of allylic oxidation sites excluding steroid dienone is 4. The molecule has 10 heavy (non-hydrogen) atoms. The van der Waals surface area contributed by atoms with E-state index in [2.05, 4.69) is 0 Å². The Morgan fingerprint density at radius 2 is 2.50 bits per heavy atom. The van der Waals surface area contributed by atoms with E-state index in [1.807, 2.05) is 13.0 Å². The molecule has 1 atom stereocenters. The van der Waals surface area contributed by atoms with Crippen LogP contribution in [-0.2, 0) is 0 Å². The second-order valence-corrected chi connectivity index (χ2v) is 2.41. The molecule has 1 aliphatic rings. The summed E-state index contributed by atoms with van der Waals surface area (Å²) >= 11 is 0. The molecule has 0 heterocycles. The first-order valence-corrected chi connectivity index (χ1v) is 3.23. The summed E-state index contributed by atoms with van der Waals surface area (Å²) in [5.41, 5.74) is 0.322. The van der Waals surface area contributed by atoms with Crippen LogP contribution < -0.4 is 0 Å². The number of nitro groups is 1. The third-order valence-corrected chi connectivity index (χ3v) is 1.61. The third-order valence-electron chi connectivity index (χ3n) is 1.61. The largest absolute Gasteiger partial charge is 0.259 e. The Labute approximate surface area is 59.2 Å². The van der Waals surface area contributed by atoms with Gasteiger partial charge in [-0.15, -0.1) is 0 Å². The van der Waals surface area contributed by atoms with Crippen LogP contribution in [0.15, 0.2) is 23.9 Å². The van der Waals surface area contributed by atoms with Crippen molar-refractivity contribution < 1.29 is 4.92 Å². The molecule has 0 amide bonds. The number of rotatable bonds is 1. The molecule has 3 heteroatoms. The summed E-state index contributed by atoms with van der Waals surface area (Å²) < 4.78 is 0. The van der Waals surface area contributed by atoms with Crippen molar-refractivity contribution in [1.29, 1.82) is 0 Å². The average Bonchev–Trinajstić information content (AvgIpc) is 1.88. The minimum Gasteiger partial charge on any atom is -0.259 e. The fourth-order valence-corrected chi connectivity index (χ4v) is 0.975. The standard InChI is InChI=1S/C7H9NO2/c1-6-4-2-3-5-7(6)8(9)10/h2-3,5-6H,4H2,1H3. The maximum atomic E-state index is 10.3. The normalized spacial score (nSPS) is 24.1. The molecule has 0 saturated carbocycles. The summed E-state index contributed by atoms with van der Waals surface area (Å²) in [7, 11) is 0. The summed E-state index contributed by atoms with van der Waals surface area (Å²) in [6.45, 7) is 1.86. The van der Waals surface area contributed by atoms with Gasteiger partial charge in [0.05, 0.1) is 10.8 Å². The summed E-state index contributed by atoms with van der Waals surface area (Å²) in [6, 6.07) is 0. The molecular weight excluding hydrogens is 130 g/mol. The van der Waals surface area contributed by atoms with Crippen molar-refractivity contribution in [1.82, 2.24) is 0 Å². The van der Waals surface area contributed by atoms with Crippen LogP contribution in [0.1, 0.15) is 13.3 Å². The monoisotopic (exact) mass is 139 g/mol. The molecule has 1 aliphatic carbocycles. The fourth-order valence-electron chi connectivity index (χ4n) is 0.975. The molecule has 1 unspecified atom stereocenters. The van der Waals surface area contributed by atoms with Crippen molar-refractivity contribution in [2.45, 2.75) is 13.3 Å². The Hall–Kier alpha value is -1.12. The van der Waals surface area contributed by atoms with E-state index >= 15 is 0 Å². The Bertz CT molecular complexity index is 206. The highest BCUT2D eigenvalue weighted by Crippen LogP contribution is 2.19. The molecule has 54 valence electrons. The first kappa shape index (κ1) is 6.99. The summed E-state index contributed by atoms with van der Waals surface area (Å²) in [5, 5.41) is 10.3. The molecule has 0 spiro atoms. The molecule has 0 aromatic heterocycles. The van der Waals surface area contributed by atoms with Crippen LogP contribution >= 0.6 is 0 Å². The van der Waals surface area contributed by atoms with Gasteiger partial charge in [0.25, 0.3) is 0 Å². The minimum absolute atomic E-state index is 0.0694. The van der Waals surface area contributed by atoms with E-state index in [0.29, 0.717) is 5.70 Å². The van der Waals surface area contributed by atoms with Crippen LogP contribution in [0.25, 0.3) is 0 Å². The predicted octanol–water partition coefficient (Wildman–Crippen LogP) is 1.74. The lowest BCUT2D eigenvalue weighted by Crippen LogP contribution is -2.09. The van der Waals surface area contributed by atoms with Gasteiger partial charge in [-0.05, 0) is 6.42 Å². The first-order valence-electron chi connectivity index (χ1n) is 3.23. The summed E-state index contributed by atoms with van der Waals surface area (Å²) in [5.74, 6) is 0.0694. The van der Waals surface area contributed by atoms with E-state index in [9.17, 15) is 10.1 Å². The van der Waals surface area contributed by atoms with Crippen LogP contribution in [0.5, 0.6) is 0 Å². The van der Waals surface area contributed by atoms with Crippen LogP contribution in [0.3, 0.4) is 0 Å². The molecule has 3 nitrogen and oxygen atoms in total. The van der Waals surface area contributed by atoms with E-state index in [4.69, 9.17) is 0 Å². The molecule has 0 bridgehead atoms. The van der Waals surface area contributed by atoms with Gasteiger partial charge in [-0.3, -0.25) is 10.1 Å². The number of hydrogen-bond acceptors (Lipinski definition) is 2. The Morgan fingerprint density at radius 3 is 2.90 bits per heavy atom. The summed E-state index contributed by atoms with van der Waals surface area (Å²) in [6.07, 6.45) is 6.02. The molecule has 0 aromatic carbocycles. The van der Waals surface area contributed by atoms with Gasteiger partial charge < -0.3 is 0 Å². The lowest BCUT2D eigenvalue weighted by Gasteiger charge is -2.07. The molecule has 0 aromatic rings. The maximum Gasteiger partial charge on any atom is 0.249 e. The molecular formula is C7H9NO2. The van der Waals surface area contributed by atoms with Crippen molar-refractivity contribution in [2.24, 2.45) is 5.92 Å². The van der Waals surface area contributed by atoms with Crippen LogP contribution in [-0.4, -0.2) is 4.92 Å². The van der Waals surface area contributed by atoms with E-state index in [1.165, 1.54) is 0 Å². The quantitative estimate of drug-likeness (QED) is 0.410. The zero-order valence-corrected chi connectivity index (χ0v) is 5.78. The van der Waals surface area contributed by atoms with Crippen molar-refractivity contribution in [2.75, 3.05) is 0 Å². The molecule has 0 fully saturated rings. The highest BCUT2D eigenvalue weighted by Gasteiger charge is 2.19. The lowest BCUT2D eigenvalue weighted by molar-refractivity contribution is -0.433. The number of nitrogens with zero attached hydrogens (tertiary/aromatic N) is 1. The van der Waals surface area contributed by atoms with Gasteiger partial charge in [-0.25, -0.2) is 0 Å². The first-order chi connectivity index (χ1) is 4.72. The zero-order valence-electron chi connectivity index (χ0n) is 5.78. The Morgan fingerprint density at radius 1 is 1.80 bits per heavy atom. The van der Waals surface area contributed by atoms with Gasteiger partial charge in [0, 0.05) is 6.08 Å². The Balaban J connectivity index is 2.80. The van der Waals surface area contributed by atoms with Crippen molar-refractivity contribution >= 4 is 0 Å². The zero-order chi connectivity index (χ0) is 7.56. The molecule has 0 saturated heterocycles. The molecule has 0 radical (unpaired) electrons. The van der Waals surface area contributed by atoms with E-state index < -0.39 is 0 Å². The van der Waals surface area contributed by atoms with E-state index in [0.717, 1.165) is 6.42 Å². The van der Waals surface area contributed by atoms with Crippen LogP contribution in [0.4, 0.5) is 0 Å². The predicted molar refractivity (Wildman–Crippen MR) is 38.0 cm³/mol. The van der Waals surface area contributed by atoms with Crippen LogP contribution in [0.2, 0.25) is 0 Å². The van der Waals surface area contributed by atoms with Crippen molar-refractivity contribution in [3.8, 4) is 0 Å². The van der Waals surface area contributed by atoms with E-state index in [-0.39, 0.29) is 10.8 Å². The molecule has 0 aliphatic heterocycles. The van der Waals surface area contributed by atoms with Crippen molar-refractivity contribution in [3.63, 3.8) is 0 Å². The number of hydrogen-bond donors (Lipinski definition) is 0. The highest BCUT2D eigenvalue weighted by molar-refractivity contribution is 5.14. The third kappa shape index (κ3) is 1.23. The molecule has 0 N–H and O–H groups in total. The molecule has 1 rings (SSSR count). The van der Waals surface area contributed by atoms with E-state index in [1.54, 1.807) is 12.2 Å². The fraction of sp³-hybridized carbons (Fsp3) is 0.429. The average molecular weight is 139 g/mol. The SMILES string of the molecule is CC1CC=CC=C1[N+](=O)[O-]. The van der Waals surface area contributed by atoms with Crippen LogP contribution in [0, 0.1) is 16.0 Å². The topological polar surface area (TPSA) is 43.1 Å². The maximum absolute atomic E-state index is 10.3. The highest BCUT2D eigenvalue weighted by atomic mass is 16.6. The second-order valence-electron chi connectivity index (χ2n) is 2.41. The van der Waals surface area contributed by atoms with Gasteiger partial charge in [0.2, 0.25) is 5.70 Å². The van der Waals surface area contributed by atoms with Crippen molar-refractivity contribution in [3.05, 3.63) is 34.0 Å². The lowest BCUT2D eigenvalue weighted by atomic mass is 10.00.